The number of nitrogens with two attached hydrogens (primary N) is 1. The first-order valence-electron chi connectivity index (χ1n) is 9.54. The van der Waals surface area contributed by atoms with E-state index < -0.39 is 57.0 Å². The monoisotopic (exact) mass is 478 g/mol. The minimum absolute atomic E-state index is 0.0466. The van der Waals surface area contributed by atoms with Gasteiger partial charge in [-0.1, -0.05) is 13.8 Å². The van der Waals surface area contributed by atoms with Gasteiger partial charge in [-0.15, -0.1) is 0 Å². The van der Waals surface area contributed by atoms with Crippen LogP contribution in [0.3, 0.4) is 0 Å². The van der Waals surface area contributed by atoms with Crippen molar-refractivity contribution >= 4 is 30.7 Å². The molecule has 0 aliphatic carbocycles. The molecule has 14 nitrogen and oxygen atoms in total. The van der Waals surface area contributed by atoms with E-state index in [1.165, 1.54) is 0 Å². The Hall–Kier alpha value is -2.26. The van der Waals surface area contributed by atoms with Gasteiger partial charge in [0.05, 0.1) is 12.9 Å². The summed E-state index contributed by atoms with van der Waals surface area (Å²) in [5.41, 5.74) is 5.55. The van der Waals surface area contributed by atoms with Gasteiger partial charge in [-0.3, -0.25) is 13.9 Å². The maximum atomic E-state index is 13.6. The van der Waals surface area contributed by atoms with Gasteiger partial charge in [-0.2, -0.15) is 14.4 Å². The maximum absolute atomic E-state index is 13.6. The smallest absolute Gasteiger partial charge is 0.403 e. The fraction of sp³-hybridized carbons (Fsp3) is 0.625. The zero-order valence-corrected chi connectivity index (χ0v) is 18.0. The van der Waals surface area contributed by atoms with E-state index in [1.54, 1.807) is 13.8 Å². The van der Waals surface area contributed by atoms with E-state index in [4.69, 9.17) is 15.0 Å². The van der Waals surface area contributed by atoms with E-state index in [0.717, 1.165) is 10.9 Å². The van der Waals surface area contributed by atoms with E-state index in [9.17, 15) is 34.0 Å². The highest BCUT2D eigenvalue weighted by Crippen LogP contribution is 2.40. The molecule has 32 heavy (non-hydrogen) atoms. The summed E-state index contributed by atoms with van der Waals surface area (Å²) in [6, 6.07) is -1.34. The van der Waals surface area contributed by atoms with Crippen LogP contribution >= 0.6 is 7.75 Å². The topological polar surface area (TPSA) is 215 Å². The molecule has 0 radical (unpaired) electrons. The highest BCUT2D eigenvalue weighted by Gasteiger charge is 2.45. The van der Waals surface area contributed by atoms with Gasteiger partial charge in [0.2, 0.25) is 0 Å². The predicted molar refractivity (Wildman–Crippen MR) is 105 cm³/mol. The van der Waals surface area contributed by atoms with Crippen LogP contribution in [0, 0.1) is 12.0 Å². The molecule has 0 amide bonds. The van der Waals surface area contributed by atoms with Crippen molar-refractivity contribution in [2.24, 2.45) is 5.92 Å². The Bertz CT molecular complexity index is 1040. The molecule has 1 aliphatic heterocycles. The van der Waals surface area contributed by atoms with E-state index in [1.807, 2.05) is 0 Å². The van der Waals surface area contributed by atoms with Gasteiger partial charge in [0.25, 0.3) is 0 Å². The van der Waals surface area contributed by atoms with Crippen LogP contribution in [-0.4, -0.2) is 76.7 Å². The average molecular weight is 478 g/mol. The molecular formula is C16H24FN6O8P. The predicted octanol–water partition coefficient (Wildman–Crippen LogP) is -0.627. The van der Waals surface area contributed by atoms with Crippen LogP contribution < -0.4 is 10.8 Å². The number of fused-ring (bicyclic) bond motifs is 1. The number of carboxylic acids is 1. The summed E-state index contributed by atoms with van der Waals surface area (Å²) >= 11 is 0. The molecule has 0 spiro atoms. The summed E-state index contributed by atoms with van der Waals surface area (Å²) in [5.74, 6) is -1.64. The molecule has 178 valence electrons. The Morgan fingerprint density at radius 1 is 1.41 bits per heavy atom. The lowest BCUT2D eigenvalue weighted by atomic mass is 10.1. The van der Waals surface area contributed by atoms with E-state index >= 15 is 0 Å². The van der Waals surface area contributed by atoms with Crippen molar-refractivity contribution in [3.8, 4) is 0 Å². The molecule has 2 aromatic rings. The first kappa shape index (κ1) is 24.4. The number of aliphatic hydroxyl groups is 2. The summed E-state index contributed by atoms with van der Waals surface area (Å²) < 4.78 is 37.4. The molecule has 16 heteroatoms. The number of aromatic nitrogens is 4. The first-order valence-corrected chi connectivity index (χ1v) is 11.1. The molecule has 1 saturated heterocycles. The number of carboxylic acid groups (broad SMARTS) is 1. The Morgan fingerprint density at radius 3 is 2.72 bits per heavy atom. The van der Waals surface area contributed by atoms with Crippen molar-refractivity contribution < 1.29 is 43.2 Å². The molecule has 0 saturated carbocycles. The van der Waals surface area contributed by atoms with Crippen LogP contribution in [0.1, 0.15) is 26.5 Å². The molecule has 1 fully saturated rings. The van der Waals surface area contributed by atoms with Gasteiger partial charge >= 0.3 is 19.8 Å². The number of aliphatic hydroxyl groups excluding tert-OH is 2. The summed E-state index contributed by atoms with van der Waals surface area (Å²) in [6.45, 7) is 2.83. The quantitative estimate of drug-likeness (QED) is 0.196. The van der Waals surface area contributed by atoms with Crippen molar-refractivity contribution in [2.45, 2.75) is 50.8 Å². The molecule has 3 rings (SSSR count). The molecule has 0 bridgehead atoms. The van der Waals surface area contributed by atoms with Gasteiger partial charge in [0.1, 0.15) is 24.4 Å². The minimum atomic E-state index is -4.60. The van der Waals surface area contributed by atoms with Gasteiger partial charge < -0.3 is 30.7 Å². The normalized spacial score (nSPS) is 26.5. The number of carbonyl (C=O) groups is 1. The van der Waals surface area contributed by atoms with Gasteiger partial charge in [-0.05, 0) is 12.3 Å². The highest BCUT2D eigenvalue weighted by molar-refractivity contribution is 7.50. The lowest BCUT2D eigenvalue weighted by Crippen LogP contribution is -2.37. The molecule has 2 aromatic heterocycles. The van der Waals surface area contributed by atoms with Gasteiger partial charge in [0, 0.05) is 0 Å². The lowest BCUT2D eigenvalue weighted by molar-refractivity contribution is -0.139. The van der Waals surface area contributed by atoms with Crippen molar-refractivity contribution in [2.75, 3.05) is 12.3 Å². The Kier molecular flexibility index (Phi) is 7.09. The van der Waals surface area contributed by atoms with E-state index in [-0.39, 0.29) is 29.3 Å². The number of aliphatic carboxylic acids is 1. The number of halogens is 1. The fourth-order valence-electron chi connectivity index (χ4n) is 3.28. The van der Waals surface area contributed by atoms with Crippen molar-refractivity contribution in [3.63, 3.8) is 0 Å². The summed E-state index contributed by atoms with van der Waals surface area (Å²) in [6.07, 6.45) is -5.61. The molecule has 0 aromatic carbocycles. The number of nitrogen functional groups attached to an aromatic ring is 1. The molecule has 7 N–H and O–H groups in total. The minimum Gasteiger partial charge on any atom is -0.480 e. The molecule has 1 unspecified atom stereocenters. The highest BCUT2D eigenvalue weighted by atomic mass is 31.2. The van der Waals surface area contributed by atoms with E-state index in [2.05, 4.69) is 20.0 Å². The second-order valence-corrected chi connectivity index (χ2v) is 9.27. The number of ether oxygens (including phenoxy) is 1. The third-order valence-corrected chi connectivity index (χ3v) is 5.91. The van der Waals surface area contributed by atoms with Crippen LogP contribution in [-0.2, 0) is 18.6 Å². The Labute approximate surface area is 180 Å². The number of rotatable bonds is 9. The number of nitrogens with zero attached hydrogens (tertiary/aromatic N) is 4. The van der Waals surface area contributed by atoms with Crippen molar-refractivity contribution in [3.05, 3.63) is 12.4 Å². The second kappa shape index (κ2) is 9.31. The van der Waals surface area contributed by atoms with Gasteiger partial charge in [-0.25, -0.2) is 14.6 Å². The SMILES string of the molecule is CC(C)C[C@H](NP(=O)(O)OC[C@H]1O[C@@H](n2cnc3c(N)nc(F)nc32)[C@@H](O)[C@@H]1O)C(=O)O. The zero-order valence-electron chi connectivity index (χ0n) is 17.1. The third-order valence-electron chi connectivity index (χ3n) is 4.77. The van der Waals surface area contributed by atoms with Crippen LogP contribution in [0.5, 0.6) is 0 Å². The largest absolute Gasteiger partial charge is 0.480 e. The molecule has 3 heterocycles. The standard InChI is InChI=1S/C16H24FN6O8P/c1-6(2)3-7(15(26)27)22-32(28,29)30-4-8-10(24)11(25)14(31-8)23-5-19-9-12(18)20-16(17)21-13(9)23/h5-8,10-11,14,24-25H,3-4H2,1-2H3,(H,26,27)(H2,18,20,21)(H2,22,28,29)/t7-,8+,10+,11-,14+/m0/s1. The number of hydrogen-bond acceptors (Lipinski definition) is 10. The molecular weight excluding hydrogens is 454 g/mol. The van der Waals surface area contributed by atoms with Gasteiger partial charge in [0.15, 0.2) is 23.2 Å². The molecule has 1 aliphatic rings. The zero-order chi connectivity index (χ0) is 23.8. The fourth-order valence-corrected chi connectivity index (χ4v) is 4.32. The van der Waals surface area contributed by atoms with Crippen LogP contribution in [0.15, 0.2) is 6.33 Å². The first-order chi connectivity index (χ1) is 14.9. The summed E-state index contributed by atoms with van der Waals surface area (Å²) in [4.78, 5) is 32.1. The molecule has 6 atom stereocenters. The Balaban J connectivity index is 1.71. The number of anilines is 1. The third kappa shape index (κ3) is 5.20. The summed E-state index contributed by atoms with van der Waals surface area (Å²) in [7, 11) is -4.60. The van der Waals surface area contributed by atoms with Crippen LogP contribution in [0.4, 0.5) is 10.2 Å². The lowest BCUT2D eigenvalue weighted by Gasteiger charge is -2.22. The number of hydrogen-bond donors (Lipinski definition) is 6. The average Bonchev–Trinajstić information content (AvgIpc) is 3.21. The van der Waals surface area contributed by atoms with E-state index in [0.29, 0.717) is 0 Å². The Morgan fingerprint density at radius 2 is 2.09 bits per heavy atom. The maximum Gasteiger partial charge on any atom is 0.403 e. The summed E-state index contributed by atoms with van der Waals surface area (Å²) in [5, 5.41) is 31.9. The van der Waals surface area contributed by atoms with Crippen molar-refractivity contribution in [1.29, 1.82) is 0 Å². The number of imidazole rings is 1. The van der Waals surface area contributed by atoms with Crippen molar-refractivity contribution in [1.82, 2.24) is 24.6 Å². The number of nitrogens with one attached hydrogen (secondary N) is 1. The van der Waals surface area contributed by atoms with Crippen LogP contribution in [0.2, 0.25) is 0 Å². The van der Waals surface area contributed by atoms with Crippen LogP contribution in [0.25, 0.3) is 11.2 Å². The second-order valence-electron chi connectivity index (χ2n) is 7.71.